The van der Waals surface area contributed by atoms with Crippen molar-refractivity contribution in [2.75, 3.05) is 0 Å². The van der Waals surface area contributed by atoms with Crippen LogP contribution in [0, 0.1) is 0 Å². The van der Waals surface area contributed by atoms with Gasteiger partial charge in [0.25, 0.3) is 0 Å². The van der Waals surface area contributed by atoms with Crippen LogP contribution in [0.2, 0.25) is 0 Å². The van der Waals surface area contributed by atoms with Crippen LogP contribution in [-0.2, 0) is 0 Å². The number of hydrogen-bond acceptors (Lipinski definition) is 3. The van der Waals surface area contributed by atoms with Crippen LogP contribution < -0.4 is 0 Å². The van der Waals surface area contributed by atoms with Crippen molar-refractivity contribution in [2.24, 2.45) is 0 Å². The number of aromatic nitrogens is 3. The SMILES string of the molecule is Brc1cnc(-c2cn[nH]c2)s1. The minimum Gasteiger partial charge on any atom is -0.285 e. The fourth-order valence-corrected chi connectivity index (χ4v) is 1.94. The van der Waals surface area contributed by atoms with E-state index >= 15 is 0 Å². The molecule has 0 spiro atoms. The smallest absolute Gasteiger partial charge is 0.127 e. The molecule has 0 aromatic carbocycles. The Morgan fingerprint density at radius 3 is 2.91 bits per heavy atom. The van der Waals surface area contributed by atoms with Gasteiger partial charge in [-0.3, -0.25) is 5.10 Å². The first-order chi connectivity index (χ1) is 5.36. The van der Waals surface area contributed by atoms with Gasteiger partial charge < -0.3 is 0 Å². The van der Waals surface area contributed by atoms with E-state index in [1.54, 1.807) is 23.7 Å². The zero-order valence-electron chi connectivity index (χ0n) is 5.41. The second-order valence-electron chi connectivity index (χ2n) is 1.96. The molecule has 0 atom stereocenters. The van der Waals surface area contributed by atoms with Gasteiger partial charge in [0.2, 0.25) is 0 Å². The van der Waals surface area contributed by atoms with Gasteiger partial charge in [0.15, 0.2) is 0 Å². The Kier molecular flexibility index (Phi) is 1.75. The average Bonchev–Trinajstić information content (AvgIpc) is 2.55. The predicted molar refractivity (Wildman–Crippen MR) is 47.4 cm³/mol. The molecule has 0 bridgehead atoms. The van der Waals surface area contributed by atoms with Crippen LogP contribution in [0.1, 0.15) is 0 Å². The van der Waals surface area contributed by atoms with E-state index in [0.717, 1.165) is 14.4 Å². The van der Waals surface area contributed by atoms with E-state index in [1.165, 1.54) is 0 Å². The van der Waals surface area contributed by atoms with Crippen LogP contribution in [0.3, 0.4) is 0 Å². The standard InChI is InChI=1S/C6H4BrN3S/c7-5-3-8-6(11-5)4-1-9-10-2-4/h1-3H,(H,9,10). The molecule has 0 amide bonds. The molecule has 1 N–H and O–H groups in total. The van der Waals surface area contributed by atoms with Crippen LogP contribution in [0.15, 0.2) is 22.4 Å². The van der Waals surface area contributed by atoms with E-state index in [0.29, 0.717) is 0 Å². The summed E-state index contributed by atoms with van der Waals surface area (Å²) >= 11 is 4.93. The summed E-state index contributed by atoms with van der Waals surface area (Å²) in [5.41, 5.74) is 1.03. The summed E-state index contributed by atoms with van der Waals surface area (Å²) in [6.45, 7) is 0. The number of rotatable bonds is 1. The Balaban J connectivity index is 2.45. The normalized spacial score (nSPS) is 10.3. The number of H-pyrrole nitrogens is 1. The summed E-state index contributed by atoms with van der Waals surface area (Å²) in [5.74, 6) is 0. The van der Waals surface area contributed by atoms with Crippen molar-refractivity contribution < 1.29 is 0 Å². The Morgan fingerprint density at radius 1 is 1.45 bits per heavy atom. The van der Waals surface area contributed by atoms with Crippen molar-refractivity contribution in [3.63, 3.8) is 0 Å². The van der Waals surface area contributed by atoms with Crippen LogP contribution in [0.25, 0.3) is 10.6 Å². The lowest BCUT2D eigenvalue weighted by molar-refractivity contribution is 1.09. The zero-order valence-corrected chi connectivity index (χ0v) is 7.82. The summed E-state index contributed by atoms with van der Waals surface area (Å²) < 4.78 is 1.04. The molecular weight excluding hydrogens is 226 g/mol. The van der Waals surface area contributed by atoms with E-state index < -0.39 is 0 Å². The first-order valence-corrected chi connectivity index (χ1v) is 4.58. The van der Waals surface area contributed by atoms with Crippen molar-refractivity contribution in [3.8, 4) is 10.6 Å². The highest BCUT2D eigenvalue weighted by molar-refractivity contribution is 9.11. The number of thiazole rings is 1. The Bertz CT molecular complexity index is 340. The van der Waals surface area contributed by atoms with E-state index in [1.807, 2.05) is 6.20 Å². The summed E-state index contributed by atoms with van der Waals surface area (Å²) in [7, 11) is 0. The third-order valence-electron chi connectivity index (χ3n) is 1.22. The summed E-state index contributed by atoms with van der Waals surface area (Å²) in [6, 6.07) is 0. The molecule has 11 heavy (non-hydrogen) atoms. The second-order valence-corrected chi connectivity index (χ2v) is 4.37. The highest BCUT2D eigenvalue weighted by atomic mass is 79.9. The molecule has 2 aromatic heterocycles. The highest BCUT2D eigenvalue weighted by Crippen LogP contribution is 2.27. The Labute approximate surface area is 75.6 Å². The first kappa shape index (κ1) is 7.00. The molecule has 0 radical (unpaired) electrons. The predicted octanol–water partition coefficient (Wildman–Crippen LogP) is 2.30. The van der Waals surface area contributed by atoms with Gasteiger partial charge in [-0.1, -0.05) is 0 Å². The minimum atomic E-state index is 0.977. The maximum absolute atomic E-state index is 4.17. The zero-order chi connectivity index (χ0) is 7.68. The molecule has 0 saturated carbocycles. The lowest BCUT2D eigenvalue weighted by Gasteiger charge is -1.82. The third-order valence-corrected chi connectivity index (χ3v) is 2.75. The van der Waals surface area contributed by atoms with Crippen molar-refractivity contribution in [3.05, 3.63) is 22.4 Å². The molecular formula is C6H4BrN3S. The topological polar surface area (TPSA) is 41.6 Å². The monoisotopic (exact) mass is 229 g/mol. The molecule has 0 aliphatic rings. The van der Waals surface area contributed by atoms with Crippen molar-refractivity contribution in [1.82, 2.24) is 15.2 Å². The van der Waals surface area contributed by atoms with Gasteiger partial charge in [-0.25, -0.2) is 4.98 Å². The van der Waals surface area contributed by atoms with Gasteiger partial charge in [0, 0.05) is 11.8 Å². The fraction of sp³-hybridized carbons (Fsp3) is 0. The van der Waals surface area contributed by atoms with E-state index in [4.69, 9.17) is 0 Å². The number of hydrogen-bond donors (Lipinski definition) is 1. The van der Waals surface area contributed by atoms with Gasteiger partial charge in [-0.15, -0.1) is 11.3 Å². The van der Waals surface area contributed by atoms with E-state index in [-0.39, 0.29) is 0 Å². The number of halogens is 1. The van der Waals surface area contributed by atoms with Crippen LogP contribution in [-0.4, -0.2) is 15.2 Å². The molecule has 56 valence electrons. The molecule has 0 saturated heterocycles. The number of nitrogens with zero attached hydrogens (tertiary/aromatic N) is 2. The first-order valence-electron chi connectivity index (χ1n) is 2.97. The largest absolute Gasteiger partial charge is 0.285 e. The quantitative estimate of drug-likeness (QED) is 0.816. The van der Waals surface area contributed by atoms with Gasteiger partial charge in [0.05, 0.1) is 16.2 Å². The summed E-state index contributed by atoms with van der Waals surface area (Å²) in [4.78, 5) is 4.17. The van der Waals surface area contributed by atoms with Crippen molar-refractivity contribution in [1.29, 1.82) is 0 Å². The van der Waals surface area contributed by atoms with E-state index in [9.17, 15) is 0 Å². The van der Waals surface area contributed by atoms with Gasteiger partial charge in [-0.05, 0) is 15.9 Å². The van der Waals surface area contributed by atoms with Gasteiger partial charge in [-0.2, -0.15) is 5.10 Å². The van der Waals surface area contributed by atoms with Crippen LogP contribution in [0.5, 0.6) is 0 Å². The lowest BCUT2D eigenvalue weighted by atomic mass is 10.4. The fourth-order valence-electron chi connectivity index (χ4n) is 0.756. The molecule has 2 aromatic rings. The molecule has 2 heterocycles. The molecule has 0 aliphatic carbocycles. The van der Waals surface area contributed by atoms with Crippen molar-refractivity contribution >= 4 is 27.3 Å². The average molecular weight is 230 g/mol. The maximum Gasteiger partial charge on any atom is 0.127 e. The minimum absolute atomic E-state index is 0.977. The van der Waals surface area contributed by atoms with Gasteiger partial charge in [0.1, 0.15) is 5.01 Å². The molecule has 3 nitrogen and oxygen atoms in total. The molecule has 5 heteroatoms. The lowest BCUT2D eigenvalue weighted by Crippen LogP contribution is -1.66. The van der Waals surface area contributed by atoms with Crippen molar-refractivity contribution in [2.45, 2.75) is 0 Å². The number of nitrogens with one attached hydrogen (secondary N) is 1. The second kappa shape index (κ2) is 2.75. The molecule has 2 rings (SSSR count). The third kappa shape index (κ3) is 1.34. The molecule has 0 fully saturated rings. The Morgan fingerprint density at radius 2 is 2.36 bits per heavy atom. The maximum atomic E-state index is 4.17. The van der Waals surface area contributed by atoms with Crippen LogP contribution in [0.4, 0.5) is 0 Å². The highest BCUT2D eigenvalue weighted by Gasteiger charge is 2.02. The summed E-state index contributed by atoms with van der Waals surface area (Å²) in [5, 5.41) is 7.55. The molecule has 0 aliphatic heterocycles. The summed E-state index contributed by atoms with van der Waals surface area (Å²) in [6.07, 6.45) is 5.36. The Hall–Kier alpha value is -0.680. The molecule has 0 unspecified atom stereocenters. The van der Waals surface area contributed by atoms with E-state index in [2.05, 4.69) is 31.1 Å². The number of aromatic amines is 1. The van der Waals surface area contributed by atoms with Gasteiger partial charge >= 0.3 is 0 Å². The van der Waals surface area contributed by atoms with Crippen LogP contribution >= 0.6 is 27.3 Å².